The van der Waals surface area contributed by atoms with Crippen molar-refractivity contribution in [3.63, 3.8) is 0 Å². The van der Waals surface area contributed by atoms with Gasteiger partial charge in [-0.25, -0.2) is 0 Å². The molecule has 1 heterocycles. The Morgan fingerprint density at radius 2 is 1.55 bits per heavy atom. The Hall–Kier alpha value is -3.64. The van der Waals surface area contributed by atoms with Gasteiger partial charge in [-0.1, -0.05) is 41.9 Å². The maximum Gasteiger partial charge on any atom is 0.257 e. The van der Waals surface area contributed by atoms with Gasteiger partial charge in [0.15, 0.2) is 0 Å². The summed E-state index contributed by atoms with van der Waals surface area (Å²) in [6.45, 7) is 0.269. The number of halogens is 1. The van der Waals surface area contributed by atoms with Gasteiger partial charge in [0.25, 0.3) is 5.91 Å². The highest BCUT2D eigenvalue weighted by atomic mass is 35.5. The second-order valence-electron chi connectivity index (χ2n) is 7.24. The van der Waals surface area contributed by atoms with Crippen molar-refractivity contribution in [3.05, 3.63) is 89.4 Å². The van der Waals surface area contributed by atoms with E-state index in [4.69, 9.17) is 11.6 Å². The highest BCUT2D eigenvalue weighted by Crippen LogP contribution is 2.27. The Bertz CT molecular complexity index is 1120. The van der Waals surface area contributed by atoms with Gasteiger partial charge < -0.3 is 15.5 Å². The lowest BCUT2D eigenvalue weighted by molar-refractivity contribution is -0.122. The minimum Gasteiger partial charge on any atom is -0.325 e. The number of nitrogens with zero attached hydrogens (tertiary/aromatic N) is 1. The first-order valence-corrected chi connectivity index (χ1v) is 10.2. The largest absolute Gasteiger partial charge is 0.325 e. The first kappa shape index (κ1) is 20.6. The molecule has 31 heavy (non-hydrogen) atoms. The van der Waals surface area contributed by atoms with Gasteiger partial charge in [0.2, 0.25) is 11.8 Å². The van der Waals surface area contributed by atoms with Crippen LogP contribution >= 0.6 is 11.6 Å². The van der Waals surface area contributed by atoms with E-state index < -0.39 is 5.92 Å². The Kier molecular flexibility index (Phi) is 6.00. The molecule has 0 radical (unpaired) electrons. The lowest BCUT2D eigenvalue weighted by Gasteiger charge is -2.17. The summed E-state index contributed by atoms with van der Waals surface area (Å²) in [5, 5.41) is 6.22. The van der Waals surface area contributed by atoms with Crippen molar-refractivity contribution >= 4 is 46.4 Å². The van der Waals surface area contributed by atoms with Crippen molar-refractivity contribution in [2.24, 2.45) is 5.92 Å². The molecule has 1 aliphatic heterocycles. The van der Waals surface area contributed by atoms with Crippen LogP contribution in [0.25, 0.3) is 0 Å². The molecule has 3 aromatic rings. The van der Waals surface area contributed by atoms with Crippen LogP contribution in [0.15, 0.2) is 78.9 Å². The van der Waals surface area contributed by atoms with Crippen molar-refractivity contribution < 1.29 is 14.4 Å². The number of hydrogen-bond acceptors (Lipinski definition) is 3. The fraction of sp³-hybridized carbons (Fsp3) is 0.125. The second-order valence-corrected chi connectivity index (χ2v) is 7.67. The molecule has 3 aromatic carbocycles. The summed E-state index contributed by atoms with van der Waals surface area (Å²) in [6, 6.07) is 22.8. The molecule has 156 valence electrons. The van der Waals surface area contributed by atoms with Crippen LogP contribution in [-0.2, 0) is 9.59 Å². The zero-order valence-electron chi connectivity index (χ0n) is 16.5. The minimum absolute atomic E-state index is 0.104. The molecule has 7 heteroatoms. The fourth-order valence-electron chi connectivity index (χ4n) is 3.50. The number of carbonyl (C=O) groups is 3. The number of para-hydroxylation sites is 2. The number of amides is 3. The first-order chi connectivity index (χ1) is 15.0. The van der Waals surface area contributed by atoms with Crippen LogP contribution in [-0.4, -0.2) is 24.3 Å². The Morgan fingerprint density at radius 3 is 2.29 bits per heavy atom. The molecule has 6 nitrogen and oxygen atoms in total. The fourth-order valence-corrected chi connectivity index (χ4v) is 3.62. The molecule has 0 aliphatic carbocycles. The average Bonchev–Trinajstić information content (AvgIpc) is 3.17. The number of carbonyl (C=O) groups excluding carboxylic acids is 3. The molecule has 1 atom stereocenters. The van der Waals surface area contributed by atoms with Crippen molar-refractivity contribution in [3.8, 4) is 0 Å². The van der Waals surface area contributed by atoms with Gasteiger partial charge in [0, 0.05) is 29.4 Å². The standard InChI is InChI=1S/C24H20ClN3O3/c25-17-10-12-19(13-11-17)28-15-16(14-22(28)29)23(30)27-21-9-5-4-8-20(21)24(31)26-18-6-2-1-3-7-18/h1-13,16H,14-15H2,(H,26,31)(H,27,30). The van der Waals surface area contributed by atoms with E-state index in [1.165, 1.54) is 0 Å². The molecular formula is C24H20ClN3O3. The number of hydrogen-bond donors (Lipinski definition) is 2. The van der Waals surface area contributed by atoms with Gasteiger partial charge in [-0.05, 0) is 48.5 Å². The summed E-state index contributed by atoms with van der Waals surface area (Å²) in [6.07, 6.45) is 0.104. The van der Waals surface area contributed by atoms with E-state index in [1.54, 1.807) is 65.6 Å². The third-order valence-electron chi connectivity index (χ3n) is 5.10. The monoisotopic (exact) mass is 433 g/mol. The average molecular weight is 434 g/mol. The van der Waals surface area contributed by atoms with Crippen LogP contribution in [0.5, 0.6) is 0 Å². The summed E-state index contributed by atoms with van der Waals surface area (Å²) in [5.41, 5.74) is 2.11. The number of nitrogens with one attached hydrogen (secondary N) is 2. The molecule has 1 unspecified atom stereocenters. The van der Waals surface area contributed by atoms with Gasteiger partial charge in [0.1, 0.15) is 0 Å². The molecule has 4 rings (SSSR count). The summed E-state index contributed by atoms with van der Waals surface area (Å²) in [4.78, 5) is 39.6. The summed E-state index contributed by atoms with van der Waals surface area (Å²) >= 11 is 5.92. The van der Waals surface area contributed by atoms with Crippen LogP contribution < -0.4 is 15.5 Å². The molecule has 1 fully saturated rings. The molecule has 1 aliphatic rings. The van der Waals surface area contributed by atoms with Crippen LogP contribution in [0.4, 0.5) is 17.1 Å². The minimum atomic E-state index is -0.520. The first-order valence-electron chi connectivity index (χ1n) is 9.83. The predicted molar refractivity (Wildman–Crippen MR) is 121 cm³/mol. The molecule has 3 amide bonds. The topological polar surface area (TPSA) is 78.5 Å². The molecule has 0 aromatic heterocycles. The van der Waals surface area contributed by atoms with Gasteiger partial charge >= 0.3 is 0 Å². The van der Waals surface area contributed by atoms with E-state index in [9.17, 15) is 14.4 Å². The molecule has 0 bridgehead atoms. The van der Waals surface area contributed by atoms with E-state index in [2.05, 4.69) is 10.6 Å². The van der Waals surface area contributed by atoms with Crippen molar-refractivity contribution in [2.75, 3.05) is 22.1 Å². The molecule has 1 saturated heterocycles. The van der Waals surface area contributed by atoms with Crippen LogP contribution in [0.1, 0.15) is 16.8 Å². The van der Waals surface area contributed by atoms with Crippen LogP contribution in [0.2, 0.25) is 5.02 Å². The van der Waals surface area contributed by atoms with E-state index in [1.807, 2.05) is 18.2 Å². The van der Waals surface area contributed by atoms with Crippen molar-refractivity contribution in [2.45, 2.75) is 6.42 Å². The summed E-state index contributed by atoms with van der Waals surface area (Å²) < 4.78 is 0. The van der Waals surface area contributed by atoms with Gasteiger partial charge in [-0.3, -0.25) is 14.4 Å². The Labute approximate surface area is 184 Å². The maximum absolute atomic E-state index is 12.9. The van der Waals surface area contributed by atoms with Gasteiger partial charge in [0.05, 0.1) is 17.2 Å². The normalized spacial score (nSPS) is 15.6. The Morgan fingerprint density at radius 1 is 0.871 bits per heavy atom. The third-order valence-corrected chi connectivity index (χ3v) is 5.35. The molecule has 0 spiro atoms. The predicted octanol–water partition coefficient (Wildman–Crippen LogP) is 4.58. The van der Waals surface area contributed by atoms with Crippen LogP contribution in [0.3, 0.4) is 0 Å². The van der Waals surface area contributed by atoms with E-state index in [0.29, 0.717) is 27.6 Å². The number of rotatable bonds is 5. The number of anilines is 3. The Balaban J connectivity index is 1.46. The zero-order valence-corrected chi connectivity index (χ0v) is 17.3. The lowest BCUT2D eigenvalue weighted by atomic mass is 10.1. The number of benzene rings is 3. The van der Waals surface area contributed by atoms with Crippen LogP contribution in [0, 0.1) is 5.92 Å². The van der Waals surface area contributed by atoms with Gasteiger partial charge in [-0.2, -0.15) is 0 Å². The molecule has 0 saturated carbocycles. The second kappa shape index (κ2) is 9.02. The highest BCUT2D eigenvalue weighted by molar-refractivity contribution is 6.30. The highest BCUT2D eigenvalue weighted by Gasteiger charge is 2.35. The quantitative estimate of drug-likeness (QED) is 0.618. The van der Waals surface area contributed by atoms with Crippen molar-refractivity contribution in [1.29, 1.82) is 0 Å². The SMILES string of the molecule is O=C(Nc1ccccc1)c1ccccc1NC(=O)C1CC(=O)N(c2ccc(Cl)cc2)C1. The van der Waals surface area contributed by atoms with Crippen molar-refractivity contribution in [1.82, 2.24) is 0 Å². The molecular weight excluding hydrogens is 414 g/mol. The molecule has 2 N–H and O–H groups in total. The lowest BCUT2D eigenvalue weighted by Crippen LogP contribution is -2.28. The summed E-state index contributed by atoms with van der Waals surface area (Å²) in [5.74, 6) is -1.27. The smallest absolute Gasteiger partial charge is 0.257 e. The van der Waals surface area contributed by atoms with E-state index >= 15 is 0 Å². The van der Waals surface area contributed by atoms with E-state index in [0.717, 1.165) is 0 Å². The maximum atomic E-state index is 12.9. The summed E-state index contributed by atoms with van der Waals surface area (Å²) in [7, 11) is 0. The third kappa shape index (κ3) is 4.75. The van der Waals surface area contributed by atoms with Gasteiger partial charge in [-0.15, -0.1) is 0 Å². The van der Waals surface area contributed by atoms with E-state index in [-0.39, 0.29) is 30.7 Å². The zero-order chi connectivity index (χ0) is 21.8.